The smallest absolute Gasteiger partial charge is 0.134 e. The van der Waals surface area contributed by atoms with E-state index in [1.807, 2.05) is 19.1 Å². The van der Waals surface area contributed by atoms with Crippen molar-refractivity contribution in [1.82, 2.24) is 9.80 Å². The van der Waals surface area contributed by atoms with E-state index >= 15 is 0 Å². The number of nitrogens with zero attached hydrogens (tertiary/aromatic N) is 2. The second kappa shape index (κ2) is 7.57. The van der Waals surface area contributed by atoms with Crippen molar-refractivity contribution in [3.05, 3.63) is 23.7 Å². The number of aryl methyl sites for hydroxylation is 1. The third-order valence-electron chi connectivity index (χ3n) is 4.27. The van der Waals surface area contributed by atoms with Gasteiger partial charge in [0.05, 0.1) is 25.9 Å². The quantitative estimate of drug-likeness (QED) is 0.862. The fourth-order valence-corrected chi connectivity index (χ4v) is 3.10. The predicted octanol–water partition coefficient (Wildman–Crippen LogP) is 0.654. The molecule has 0 spiro atoms. The van der Waals surface area contributed by atoms with Crippen molar-refractivity contribution in [1.29, 1.82) is 0 Å². The summed E-state index contributed by atoms with van der Waals surface area (Å²) in [5.41, 5.74) is 0. The summed E-state index contributed by atoms with van der Waals surface area (Å²) in [6, 6.07) is 3.94. The Bertz CT molecular complexity index is 459. The molecule has 2 unspecified atom stereocenters. The Kier molecular flexibility index (Phi) is 5.49. The van der Waals surface area contributed by atoms with Gasteiger partial charge in [0.15, 0.2) is 0 Å². The van der Waals surface area contributed by atoms with Crippen molar-refractivity contribution in [3.8, 4) is 0 Å². The number of furan rings is 1. The van der Waals surface area contributed by atoms with Crippen LogP contribution in [0.25, 0.3) is 0 Å². The van der Waals surface area contributed by atoms with Crippen LogP contribution in [0.4, 0.5) is 0 Å². The Labute approximate surface area is 131 Å². The maximum atomic E-state index is 10.3. The van der Waals surface area contributed by atoms with Crippen LogP contribution in [0.15, 0.2) is 16.5 Å². The van der Waals surface area contributed by atoms with E-state index in [2.05, 4.69) is 9.80 Å². The third kappa shape index (κ3) is 4.30. The molecule has 1 N–H and O–H groups in total. The lowest BCUT2D eigenvalue weighted by molar-refractivity contribution is -0.0562. The molecule has 6 nitrogen and oxygen atoms in total. The summed E-state index contributed by atoms with van der Waals surface area (Å²) >= 11 is 0. The summed E-state index contributed by atoms with van der Waals surface area (Å²) in [6.07, 6.45) is -0.367. The van der Waals surface area contributed by atoms with Gasteiger partial charge in [-0.25, -0.2) is 0 Å². The molecule has 0 radical (unpaired) electrons. The monoisotopic (exact) mass is 310 g/mol. The molecule has 1 aromatic heterocycles. The zero-order valence-electron chi connectivity index (χ0n) is 13.2. The first-order chi connectivity index (χ1) is 10.7. The lowest BCUT2D eigenvalue weighted by Gasteiger charge is -2.35. The minimum atomic E-state index is -0.338. The summed E-state index contributed by atoms with van der Waals surface area (Å²) in [4.78, 5) is 4.53. The lowest BCUT2D eigenvalue weighted by atomic mass is 10.2. The fraction of sp³-hybridized carbons (Fsp3) is 0.750. The number of hydrogen-bond acceptors (Lipinski definition) is 6. The number of hydrogen-bond donors (Lipinski definition) is 1. The molecule has 3 rings (SSSR count). The summed E-state index contributed by atoms with van der Waals surface area (Å²) in [7, 11) is 0. The molecular formula is C16H26N2O4. The van der Waals surface area contributed by atoms with Gasteiger partial charge in [-0.1, -0.05) is 0 Å². The van der Waals surface area contributed by atoms with Gasteiger partial charge in [-0.2, -0.15) is 0 Å². The van der Waals surface area contributed by atoms with E-state index in [0.29, 0.717) is 19.7 Å². The molecule has 22 heavy (non-hydrogen) atoms. The summed E-state index contributed by atoms with van der Waals surface area (Å²) in [5, 5.41) is 10.3. The van der Waals surface area contributed by atoms with Crippen LogP contribution in [0.2, 0.25) is 0 Å². The second-order valence-electron chi connectivity index (χ2n) is 6.13. The Morgan fingerprint density at radius 2 is 1.86 bits per heavy atom. The second-order valence-corrected chi connectivity index (χ2v) is 6.13. The highest BCUT2D eigenvalue weighted by atomic mass is 16.5. The van der Waals surface area contributed by atoms with Crippen LogP contribution in [0.5, 0.6) is 0 Å². The molecule has 2 atom stereocenters. The van der Waals surface area contributed by atoms with Crippen LogP contribution in [0, 0.1) is 6.92 Å². The molecule has 0 bridgehead atoms. The van der Waals surface area contributed by atoms with Crippen LogP contribution in [0.3, 0.4) is 0 Å². The molecule has 2 aliphatic rings. The Morgan fingerprint density at radius 3 is 2.59 bits per heavy atom. The van der Waals surface area contributed by atoms with E-state index in [4.69, 9.17) is 13.9 Å². The minimum Gasteiger partial charge on any atom is -0.464 e. The molecular weight excluding hydrogens is 284 g/mol. The zero-order chi connectivity index (χ0) is 15.4. The highest BCUT2D eigenvalue weighted by molar-refractivity contribution is 5.09. The molecule has 124 valence electrons. The Morgan fingerprint density at radius 1 is 1.14 bits per heavy atom. The first-order valence-electron chi connectivity index (χ1n) is 8.09. The van der Waals surface area contributed by atoms with Crippen molar-refractivity contribution >= 4 is 0 Å². The van der Waals surface area contributed by atoms with Crippen LogP contribution in [-0.2, 0) is 9.47 Å². The Hall–Kier alpha value is -0.920. The largest absolute Gasteiger partial charge is 0.464 e. The SMILES string of the molecule is Cc1ccc(C2CN(CC(O)CN3CCOCC3)CCO2)o1. The number of morpholine rings is 2. The topological polar surface area (TPSA) is 58.3 Å². The van der Waals surface area contributed by atoms with Gasteiger partial charge >= 0.3 is 0 Å². The van der Waals surface area contributed by atoms with Gasteiger partial charge < -0.3 is 19.0 Å². The van der Waals surface area contributed by atoms with Gasteiger partial charge in [-0.3, -0.25) is 9.80 Å². The summed E-state index contributed by atoms with van der Waals surface area (Å²) < 4.78 is 16.8. The number of aliphatic hydroxyl groups is 1. The maximum absolute atomic E-state index is 10.3. The molecule has 0 aliphatic carbocycles. The van der Waals surface area contributed by atoms with Gasteiger partial charge in [0, 0.05) is 39.3 Å². The van der Waals surface area contributed by atoms with Crippen molar-refractivity contribution in [2.45, 2.75) is 19.1 Å². The van der Waals surface area contributed by atoms with E-state index in [1.54, 1.807) is 0 Å². The van der Waals surface area contributed by atoms with E-state index < -0.39 is 0 Å². The maximum Gasteiger partial charge on any atom is 0.134 e. The normalized spacial score (nSPS) is 26.2. The molecule has 0 saturated carbocycles. The highest BCUT2D eigenvalue weighted by Crippen LogP contribution is 2.24. The van der Waals surface area contributed by atoms with Crippen LogP contribution >= 0.6 is 0 Å². The predicted molar refractivity (Wildman–Crippen MR) is 81.8 cm³/mol. The molecule has 0 amide bonds. The summed E-state index contributed by atoms with van der Waals surface area (Å²) in [5.74, 6) is 1.79. The van der Waals surface area contributed by atoms with Gasteiger partial charge in [0.1, 0.15) is 17.6 Å². The standard InChI is InChI=1S/C16H26N2O4/c1-13-2-3-15(22-13)16-12-18(6-9-21-16)11-14(19)10-17-4-7-20-8-5-17/h2-3,14,16,19H,4-12H2,1H3. The number of rotatable bonds is 5. The first-order valence-corrected chi connectivity index (χ1v) is 8.09. The average Bonchev–Trinajstić information content (AvgIpc) is 2.95. The van der Waals surface area contributed by atoms with Crippen molar-refractivity contribution in [3.63, 3.8) is 0 Å². The number of ether oxygens (including phenoxy) is 2. The van der Waals surface area contributed by atoms with Crippen LogP contribution in [0.1, 0.15) is 17.6 Å². The fourth-order valence-electron chi connectivity index (χ4n) is 3.10. The molecule has 2 aliphatic heterocycles. The zero-order valence-corrected chi connectivity index (χ0v) is 13.2. The number of β-amino-alcohol motifs (C(OH)–C–C–N with tert-alkyl or cyclic N) is 1. The van der Waals surface area contributed by atoms with E-state index in [9.17, 15) is 5.11 Å². The molecule has 2 fully saturated rings. The van der Waals surface area contributed by atoms with Crippen molar-refractivity contribution < 1.29 is 19.0 Å². The van der Waals surface area contributed by atoms with Gasteiger partial charge in [-0.15, -0.1) is 0 Å². The lowest BCUT2D eigenvalue weighted by Crippen LogP contribution is -2.47. The van der Waals surface area contributed by atoms with E-state index in [-0.39, 0.29) is 12.2 Å². The van der Waals surface area contributed by atoms with E-state index in [0.717, 1.165) is 50.9 Å². The average molecular weight is 310 g/mol. The van der Waals surface area contributed by atoms with Crippen molar-refractivity contribution in [2.24, 2.45) is 0 Å². The van der Waals surface area contributed by atoms with Gasteiger partial charge in [0.25, 0.3) is 0 Å². The van der Waals surface area contributed by atoms with Gasteiger partial charge in [0.2, 0.25) is 0 Å². The van der Waals surface area contributed by atoms with Crippen molar-refractivity contribution in [2.75, 3.05) is 59.1 Å². The molecule has 3 heterocycles. The van der Waals surface area contributed by atoms with Crippen LogP contribution in [-0.4, -0.2) is 80.1 Å². The summed E-state index contributed by atoms with van der Waals surface area (Å²) in [6.45, 7) is 8.99. The minimum absolute atomic E-state index is 0.0296. The molecule has 1 aromatic rings. The van der Waals surface area contributed by atoms with E-state index in [1.165, 1.54) is 0 Å². The molecule has 2 saturated heterocycles. The number of aliphatic hydroxyl groups excluding tert-OH is 1. The van der Waals surface area contributed by atoms with Gasteiger partial charge in [-0.05, 0) is 19.1 Å². The molecule has 6 heteroatoms. The van der Waals surface area contributed by atoms with Crippen LogP contribution < -0.4 is 0 Å². The third-order valence-corrected chi connectivity index (χ3v) is 4.27. The molecule has 0 aromatic carbocycles. The highest BCUT2D eigenvalue weighted by Gasteiger charge is 2.26. The first kappa shape index (κ1) is 16.0. The Balaban J connectivity index is 1.47.